The summed E-state index contributed by atoms with van der Waals surface area (Å²) >= 11 is 0. The van der Waals surface area contributed by atoms with Crippen LogP contribution in [0.3, 0.4) is 0 Å². The standard InChI is InChI=1S/C8H16N2O2/c1-2-6(3-4-11)10-5-7(9)8(10)12/h6-7,11H,2-5,9H2,1H3. The van der Waals surface area contributed by atoms with Crippen LogP contribution in [-0.2, 0) is 4.79 Å². The van der Waals surface area contributed by atoms with E-state index in [1.54, 1.807) is 4.90 Å². The molecule has 0 aromatic rings. The van der Waals surface area contributed by atoms with Crippen LogP contribution in [0.4, 0.5) is 0 Å². The van der Waals surface area contributed by atoms with E-state index < -0.39 is 0 Å². The Morgan fingerprint density at radius 1 is 1.83 bits per heavy atom. The Balaban J connectivity index is 2.40. The molecule has 0 aromatic carbocycles. The summed E-state index contributed by atoms with van der Waals surface area (Å²) in [4.78, 5) is 12.9. The van der Waals surface area contributed by atoms with Gasteiger partial charge in [0.25, 0.3) is 0 Å². The third kappa shape index (κ3) is 1.59. The molecule has 4 nitrogen and oxygen atoms in total. The van der Waals surface area contributed by atoms with Crippen molar-refractivity contribution >= 4 is 5.91 Å². The normalized spacial score (nSPS) is 25.4. The highest BCUT2D eigenvalue weighted by atomic mass is 16.3. The van der Waals surface area contributed by atoms with E-state index in [1.807, 2.05) is 6.92 Å². The van der Waals surface area contributed by atoms with Gasteiger partial charge in [0.1, 0.15) is 6.04 Å². The van der Waals surface area contributed by atoms with E-state index in [2.05, 4.69) is 0 Å². The monoisotopic (exact) mass is 172 g/mol. The van der Waals surface area contributed by atoms with Gasteiger partial charge in [-0.25, -0.2) is 0 Å². The zero-order valence-electron chi connectivity index (χ0n) is 7.36. The number of nitrogens with two attached hydrogens (primary N) is 1. The van der Waals surface area contributed by atoms with Gasteiger partial charge in [0.2, 0.25) is 5.91 Å². The molecule has 0 radical (unpaired) electrons. The summed E-state index contributed by atoms with van der Waals surface area (Å²) in [7, 11) is 0. The van der Waals surface area contributed by atoms with Gasteiger partial charge in [0.15, 0.2) is 0 Å². The Hall–Kier alpha value is -0.610. The van der Waals surface area contributed by atoms with Crippen molar-refractivity contribution in [3.05, 3.63) is 0 Å². The molecule has 3 N–H and O–H groups in total. The second-order valence-corrected chi connectivity index (χ2v) is 3.17. The Morgan fingerprint density at radius 3 is 2.83 bits per heavy atom. The van der Waals surface area contributed by atoms with Gasteiger partial charge in [-0.05, 0) is 12.8 Å². The molecule has 0 spiro atoms. The number of aliphatic hydroxyl groups is 1. The summed E-state index contributed by atoms with van der Waals surface area (Å²) in [6.07, 6.45) is 1.55. The summed E-state index contributed by atoms with van der Waals surface area (Å²) in [5, 5.41) is 8.72. The van der Waals surface area contributed by atoms with Crippen LogP contribution in [0.2, 0.25) is 0 Å². The average molecular weight is 172 g/mol. The predicted octanol–water partition coefficient (Wildman–Crippen LogP) is -0.683. The van der Waals surface area contributed by atoms with Crippen molar-refractivity contribution in [2.24, 2.45) is 5.73 Å². The van der Waals surface area contributed by atoms with Crippen molar-refractivity contribution in [2.75, 3.05) is 13.2 Å². The molecule has 1 aliphatic heterocycles. The van der Waals surface area contributed by atoms with Crippen LogP contribution in [-0.4, -0.2) is 41.1 Å². The van der Waals surface area contributed by atoms with Gasteiger partial charge in [-0.1, -0.05) is 6.92 Å². The largest absolute Gasteiger partial charge is 0.396 e. The third-order valence-electron chi connectivity index (χ3n) is 2.37. The van der Waals surface area contributed by atoms with Crippen LogP contribution in [0.25, 0.3) is 0 Å². The number of amides is 1. The van der Waals surface area contributed by atoms with Gasteiger partial charge in [0, 0.05) is 19.2 Å². The van der Waals surface area contributed by atoms with E-state index in [-0.39, 0.29) is 24.6 Å². The molecule has 4 heteroatoms. The third-order valence-corrected chi connectivity index (χ3v) is 2.37. The van der Waals surface area contributed by atoms with Crippen molar-refractivity contribution in [2.45, 2.75) is 31.8 Å². The SMILES string of the molecule is CCC(CCO)N1CC(N)C1=O. The number of β-lactam (4-membered cyclic amide) rings is 1. The minimum atomic E-state index is -0.294. The maximum Gasteiger partial charge on any atom is 0.241 e. The lowest BCUT2D eigenvalue weighted by atomic mass is 10.0. The van der Waals surface area contributed by atoms with E-state index in [0.29, 0.717) is 13.0 Å². The van der Waals surface area contributed by atoms with Crippen LogP contribution in [0.1, 0.15) is 19.8 Å². The summed E-state index contributed by atoms with van der Waals surface area (Å²) in [6.45, 7) is 2.80. The molecule has 0 saturated carbocycles. The van der Waals surface area contributed by atoms with E-state index in [4.69, 9.17) is 10.8 Å². The van der Waals surface area contributed by atoms with Gasteiger partial charge in [-0.2, -0.15) is 0 Å². The van der Waals surface area contributed by atoms with Gasteiger partial charge >= 0.3 is 0 Å². The van der Waals surface area contributed by atoms with Gasteiger partial charge in [-0.3, -0.25) is 4.79 Å². The summed E-state index contributed by atoms with van der Waals surface area (Å²) in [6, 6.07) is -0.111. The zero-order valence-corrected chi connectivity index (χ0v) is 7.36. The molecule has 0 aromatic heterocycles. The first-order valence-electron chi connectivity index (χ1n) is 4.37. The minimum absolute atomic E-state index is 0.0234. The molecule has 1 saturated heterocycles. The highest BCUT2D eigenvalue weighted by Gasteiger charge is 2.37. The summed E-state index contributed by atoms with van der Waals surface area (Å²) in [5.74, 6) is 0.0234. The highest BCUT2D eigenvalue weighted by molar-refractivity contribution is 5.87. The number of nitrogens with zero attached hydrogens (tertiary/aromatic N) is 1. The van der Waals surface area contributed by atoms with Crippen molar-refractivity contribution in [1.82, 2.24) is 4.90 Å². The van der Waals surface area contributed by atoms with Crippen LogP contribution >= 0.6 is 0 Å². The summed E-state index contributed by atoms with van der Waals surface area (Å²) < 4.78 is 0. The number of aliphatic hydroxyl groups excluding tert-OH is 1. The minimum Gasteiger partial charge on any atom is -0.396 e. The molecule has 0 aliphatic carbocycles. The van der Waals surface area contributed by atoms with E-state index in [1.165, 1.54) is 0 Å². The Labute approximate surface area is 72.3 Å². The molecule has 1 rings (SSSR count). The van der Waals surface area contributed by atoms with Crippen molar-refractivity contribution in [3.8, 4) is 0 Å². The van der Waals surface area contributed by atoms with Crippen LogP contribution in [0.15, 0.2) is 0 Å². The Kier molecular flexibility index (Phi) is 3.05. The molecule has 0 bridgehead atoms. The van der Waals surface area contributed by atoms with E-state index in [9.17, 15) is 4.79 Å². The number of carbonyl (C=O) groups excluding carboxylic acids is 1. The molecule has 1 fully saturated rings. The molecule has 1 aliphatic rings. The van der Waals surface area contributed by atoms with E-state index in [0.717, 1.165) is 6.42 Å². The lowest BCUT2D eigenvalue weighted by Crippen LogP contribution is -2.64. The molecular weight excluding hydrogens is 156 g/mol. The second-order valence-electron chi connectivity index (χ2n) is 3.17. The molecule has 70 valence electrons. The number of carbonyl (C=O) groups is 1. The lowest BCUT2D eigenvalue weighted by molar-refractivity contribution is -0.146. The Morgan fingerprint density at radius 2 is 2.50 bits per heavy atom. The lowest BCUT2D eigenvalue weighted by Gasteiger charge is -2.41. The van der Waals surface area contributed by atoms with Gasteiger partial charge in [-0.15, -0.1) is 0 Å². The van der Waals surface area contributed by atoms with Crippen molar-refractivity contribution in [3.63, 3.8) is 0 Å². The topological polar surface area (TPSA) is 66.6 Å². The first kappa shape index (κ1) is 9.48. The summed E-state index contributed by atoms with van der Waals surface area (Å²) in [5.41, 5.74) is 5.45. The van der Waals surface area contributed by atoms with Crippen LogP contribution < -0.4 is 5.73 Å². The first-order chi connectivity index (χ1) is 5.70. The molecule has 1 amide bonds. The van der Waals surface area contributed by atoms with Gasteiger partial charge < -0.3 is 15.7 Å². The predicted molar refractivity (Wildman–Crippen MR) is 45.5 cm³/mol. The van der Waals surface area contributed by atoms with Gasteiger partial charge in [0.05, 0.1) is 0 Å². The van der Waals surface area contributed by atoms with E-state index >= 15 is 0 Å². The van der Waals surface area contributed by atoms with Crippen molar-refractivity contribution in [1.29, 1.82) is 0 Å². The second kappa shape index (κ2) is 3.87. The van der Waals surface area contributed by atoms with Crippen LogP contribution in [0, 0.1) is 0 Å². The molecule has 2 unspecified atom stereocenters. The zero-order chi connectivity index (χ0) is 9.14. The quantitative estimate of drug-likeness (QED) is 0.552. The van der Waals surface area contributed by atoms with Crippen LogP contribution in [0.5, 0.6) is 0 Å². The molecule has 12 heavy (non-hydrogen) atoms. The fourth-order valence-corrected chi connectivity index (χ4v) is 1.54. The fraction of sp³-hybridized carbons (Fsp3) is 0.875. The maximum absolute atomic E-state index is 11.2. The Bertz CT molecular complexity index is 172. The fourth-order valence-electron chi connectivity index (χ4n) is 1.54. The maximum atomic E-state index is 11.2. The molecular formula is C8H16N2O2. The molecule has 2 atom stereocenters. The first-order valence-corrected chi connectivity index (χ1v) is 4.37. The average Bonchev–Trinajstić information content (AvgIpc) is 2.10. The number of hydrogen-bond donors (Lipinski definition) is 2. The molecule has 1 heterocycles. The number of rotatable bonds is 4. The number of likely N-dealkylation sites (tertiary alicyclic amines) is 1. The highest BCUT2D eigenvalue weighted by Crippen LogP contribution is 2.17. The smallest absolute Gasteiger partial charge is 0.241 e. The number of hydrogen-bond acceptors (Lipinski definition) is 3. The van der Waals surface area contributed by atoms with Crippen molar-refractivity contribution < 1.29 is 9.90 Å².